The first-order chi connectivity index (χ1) is 15.5. The molecule has 0 saturated carbocycles. The standard InChI is InChI=1S/C24H34N4O4.HI/c1-5-30-22-11-10-19(16-23(22)31-6-2)12-13-26-24(25-4)27-14-15-32-21-9-7-8-20(17-21)28-18(3)29;/h7-11,16-17H,5-6,12-15H2,1-4H3,(H,28,29)(H2,25,26,27);1H. The molecular formula is C24H35IN4O4. The Kier molecular flexibility index (Phi) is 13.7. The van der Waals surface area contributed by atoms with Gasteiger partial charge >= 0.3 is 0 Å². The van der Waals surface area contributed by atoms with Crippen molar-refractivity contribution in [1.82, 2.24) is 10.6 Å². The number of carbonyl (C=O) groups excluding carboxylic acids is 1. The summed E-state index contributed by atoms with van der Waals surface area (Å²) in [7, 11) is 1.73. The molecule has 0 saturated heterocycles. The number of rotatable bonds is 12. The third-order valence-corrected chi connectivity index (χ3v) is 4.36. The normalized spacial score (nSPS) is 10.6. The van der Waals surface area contributed by atoms with E-state index in [4.69, 9.17) is 14.2 Å². The van der Waals surface area contributed by atoms with Crippen LogP contribution in [0.5, 0.6) is 17.2 Å². The summed E-state index contributed by atoms with van der Waals surface area (Å²) in [5.74, 6) is 2.83. The number of benzene rings is 2. The molecule has 2 aromatic rings. The summed E-state index contributed by atoms with van der Waals surface area (Å²) < 4.78 is 17.0. The number of aliphatic imine (C=N–C) groups is 1. The van der Waals surface area contributed by atoms with Crippen LogP contribution in [-0.2, 0) is 11.2 Å². The fourth-order valence-corrected chi connectivity index (χ4v) is 3.00. The number of ether oxygens (including phenoxy) is 3. The minimum absolute atomic E-state index is 0. The molecule has 0 spiro atoms. The Balaban J connectivity index is 0.00000544. The van der Waals surface area contributed by atoms with E-state index in [0.717, 1.165) is 30.0 Å². The lowest BCUT2D eigenvalue weighted by Gasteiger charge is -2.14. The number of carbonyl (C=O) groups is 1. The van der Waals surface area contributed by atoms with Crippen molar-refractivity contribution in [2.75, 3.05) is 45.3 Å². The van der Waals surface area contributed by atoms with Gasteiger partial charge in [0.25, 0.3) is 0 Å². The Bertz CT molecular complexity index is 893. The smallest absolute Gasteiger partial charge is 0.221 e. The van der Waals surface area contributed by atoms with Crippen LogP contribution in [0.4, 0.5) is 5.69 Å². The first kappa shape index (κ1) is 28.3. The van der Waals surface area contributed by atoms with Gasteiger partial charge in [-0.3, -0.25) is 9.79 Å². The van der Waals surface area contributed by atoms with Crippen molar-refractivity contribution in [2.24, 2.45) is 4.99 Å². The maximum atomic E-state index is 11.2. The van der Waals surface area contributed by atoms with Crippen molar-refractivity contribution in [3.8, 4) is 17.2 Å². The molecule has 33 heavy (non-hydrogen) atoms. The number of nitrogens with zero attached hydrogens (tertiary/aromatic N) is 1. The van der Waals surface area contributed by atoms with E-state index in [2.05, 4.69) is 20.9 Å². The minimum atomic E-state index is -0.113. The summed E-state index contributed by atoms with van der Waals surface area (Å²) in [6.07, 6.45) is 0.819. The lowest BCUT2D eigenvalue weighted by molar-refractivity contribution is -0.114. The molecule has 1 amide bonds. The van der Waals surface area contributed by atoms with Gasteiger partial charge < -0.3 is 30.2 Å². The minimum Gasteiger partial charge on any atom is -0.492 e. The van der Waals surface area contributed by atoms with Gasteiger partial charge in [-0.2, -0.15) is 0 Å². The van der Waals surface area contributed by atoms with Crippen LogP contribution in [0.2, 0.25) is 0 Å². The average Bonchev–Trinajstić information content (AvgIpc) is 2.77. The van der Waals surface area contributed by atoms with Crippen LogP contribution in [0.1, 0.15) is 26.3 Å². The fourth-order valence-electron chi connectivity index (χ4n) is 3.00. The SMILES string of the molecule is CCOc1ccc(CCNC(=NC)NCCOc2cccc(NC(C)=O)c2)cc1OCC.I. The second-order valence-corrected chi connectivity index (χ2v) is 6.88. The fraction of sp³-hybridized carbons (Fsp3) is 0.417. The maximum Gasteiger partial charge on any atom is 0.221 e. The molecular weight excluding hydrogens is 535 g/mol. The monoisotopic (exact) mass is 570 g/mol. The van der Waals surface area contributed by atoms with Crippen LogP contribution >= 0.6 is 24.0 Å². The maximum absolute atomic E-state index is 11.2. The second kappa shape index (κ2) is 16.0. The molecule has 182 valence electrons. The molecule has 2 aromatic carbocycles. The van der Waals surface area contributed by atoms with Gasteiger partial charge in [0, 0.05) is 32.3 Å². The number of hydrogen-bond donors (Lipinski definition) is 3. The van der Waals surface area contributed by atoms with E-state index in [1.54, 1.807) is 13.1 Å². The van der Waals surface area contributed by atoms with Crippen LogP contribution in [0.3, 0.4) is 0 Å². The molecule has 8 nitrogen and oxygen atoms in total. The molecule has 9 heteroatoms. The molecule has 0 bridgehead atoms. The first-order valence-electron chi connectivity index (χ1n) is 10.9. The third-order valence-electron chi connectivity index (χ3n) is 4.36. The number of nitrogens with one attached hydrogen (secondary N) is 3. The molecule has 0 heterocycles. The Hall–Kier alpha value is -2.69. The van der Waals surface area contributed by atoms with E-state index in [1.165, 1.54) is 6.92 Å². The van der Waals surface area contributed by atoms with Crippen LogP contribution in [-0.4, -0.2) is 51.8 Å². The summed E-state index contributed by atoms with van der Waals surface area (Å²) in [5.41, 5.74) is 1.87. The summed E-state index contributed by atoms with van der Waals surface area (Å²) in [4.78, 5) is 15.4. The van der Waals surface area contributed by atoms with Crippen LogP contribution < -0.4 is 30.2 Å². The van der Waals surface area contributed by atoms with E-state index < -0.39 is 0 Å². The first-order valence-corrected chi connectivity index (χ1v) is 10.9. The predicted octanol–water partition coefficient (Wildman–Crippen LogP) is 3.85. The van der Waals surface area contributed by atoms with Gasteiger partial charge in [0.2, 0.25) is 5.91 Å². The Labute approximate surface area is 213 Å². The summed E-state index contributed by atoms with van der Waals surface area (Å²) in [5, 5.41) is 9.27. The highest BCUT2D eigenvalue weighted by molar-refractivity contribution is 14.0. The number of amides is 1. The van der Waals surface area contributed by atoms with E-state index in [1.807, 2.05) is 50.2 Å². The molecule has 0 atom stereocenters. The van der Waals surface area contributed by atoms with Gasteiger partial charge in [0.1, 0.15) is 12.4 Å². The summed E-state index contributed by atoms with van der Waals surface area (Å²) in [6.45, 7) is 8.36. The highest BCUT2D eigenvalue weighted by Gasteiger charge is 2.07. The van der Waals surface area contributed by atoms with Crippen molar-refractivity contribution in [2.45, 2.75) is 27.2 Å². The zero-order valence-corrected chi connectivity index (χ0v) is 22.1. The molecule has 0 radical (unpaired) electrons. The molecule has 0 fully saturated rings. The van der Waals surface area contributed by atoms with Crippen molar-refractivity contribution in [1.29, 1.82) is 0 Å². The third kappa shape index (κ3) is 10.6. The van der Waals surface area contributed by atoms with Gasteiger partial charge in [-0.25, -0.2) is 0 Å². The zero-order chi connectivity index (χ0) is 23.2. The van der Waals surface area contributed by atoms with Crippen LogP contribution in [0.25, 0.3) is 0 Å². The van der Waals surface area contributed by atoms with Gasteiger partial charge in [-0.15, -0.1) is 24.0 Å². The Morgan fingerprint density at radius 3 is 2.36 bits per heavy atom. The molecule has 0 aromatic heterocycles. The largest absolute Gasteiger partial charge is 0.492 e. The van der Waals surface area contributed by atoms with Crippen LogP contribution in [0, 0.1) is 0 Å². The Morgan fingerprint density at radius 1 is 0.939 bits per heavy atom. The zero-order valence-electron chi connectivity index (χ0n) is 19.8. The lowest BCUT2D eigenvalue weighted by atomic mass is 10.1. The van der Waals surface area contributed by atoms with Gasteiger partial charge in [-0.1, -0.05) is 12.1 Å². The highest BCUT2D eigenvalue weighted by Crippen LogP contribution is 2.28. The van der Waals surface area contributed by atoms with Crippen LogP contribution in [0.15, 0.2) is 47.5 Å². The van der Waals surface area contributed by atoms with Crippen molar-refractivity contribution < 1.29 is 19.0 Å². The molecule has 0 unspecified atom stereocenters. The molecule has 3 N–H and O–H groups in total. The van der Waals surface area contributed by atoms with Gasteiger partial charge in [0.15, 0.2) is 17.5 Å². The summed E-state index contributed by atoms with van der Waals surface area (Å²) in [6, 6.07) is 13.3. The van der Waals surface area contributed by atoms with E-state index in [9.17, 15) is 4.79 Å². The summed E-state index contributed by atoms with van der Waals surface area (Å²) >= 11 is 0. The molecule has 0 aliphatic rings. The second-order valence-electron chi connectivity index (χ2n) is 6.88. The number of hydrogen-bond acceptors (Lipinski definition) is 5. The van der Waals surface area contributed by atoms with Gasteiger partial charge in [0.05, 0.1) is 19.8 Å². The lowest BCUT2D eigenvalue weighted by Crippen LogP contribution is -2.40. The molecule has 2 rings (SSSR count). The average molecular weight is 570 g/mol. The van der Waals surface area contributed by atoms with E-state index >= 15 is 0 Å². The quantitative estimate of drug-likeness (QED) is 0.156. The van der Waals surface area contributed by atoms with Gasteiger partial charge in [-0.05, 0) is 50.1 Å². The number of halogens is 1. The Morgan fingerprint density at radius 2 is 1.67 bits per heavy atom. The van der Waals surface area contributed by atoms with Crippen molar-refractivity contribution in [3.05, 3.63) is 48.0 Å². The van der Waals surface area contributed by atoms with E-state index in [-0.39, 0.29) is 29.9 Å². The van der Waals surface area contributed by atoms with Crippen molar-refractivity contribution in [3.63, 3.8) is 0 Å². The van der Waals surface area contributed by atoms with E-state index in [0.29, 0.717) is 43.8 Å². The van der Waals surface area contributed by atoms with Crippen molar-refractivity contribution >= 4 is 41.5 Å². The molecule has 0 aliphatic heterocycles. The molecule has 0 aliphatic carbocycles. The highest BCUT2D eigenvalue weighted by atomic mass is 127. The number of anilines is 1. The topological polar surface area (TPSA) is 93.2 Å². The number of guanidine groups is 1. The predicted molar refractivity (Wildman–Crippen MR) is 144 cm³/mol.